The number of pyridine rings is 1. The number of fused-ring (bicyclic) bond motifs is 1. The first-order valence-electron chi connectivity index (χ1n) is 10.7. The van der Waals surface area contributed by atoms with Crippen molar-refractivity contribution in [3.8, 4) is 17.3 Å². The number of carbonyl (C=O) groups is 1. The Kier molecular flexibility index (Phi) is 5.39. The topological polar surface area (TPSA) is 120 Å². The molecular formula is C23H22N10O. The molecule has 5 heterocycles. The van der Waals surface area contributed by atoms with Gasteiger partial charge in [0, 0.05) is 45.0 Å². The van der Waals surface area contributed by atoms with Crippen molar-refractivity contribution >= 4 is 28.7 Å². The van der Waals surface area contributed by atoms with Gasteiger partial charge < -0.3 is 15.1 Å². The van der Waals surface area contributed by atoms with Crippen LogP contribution in [0.25, 0.3) is 16.8 Å². The standard InChI is InChI=1S/C23H22N10O/c1-3-21(34)29-20-5-4-18(13-25-20)31-6-8-32(9-7-31)23-22-16(10-24)11-27-33(22)15-19(28-23)17-12-26-30(2)14-17/h3-5,11-15H,1,6-9H2,2H3,(H,25,29,34). The molecular weight excluding hydrogens is 432 g/mol. The van der Waals surface area contributed by atoms with Gasteiger partial charge >= 0.3 is 0 Å². The fraction of sp³-hybridized carbons (Fsp3) is 0.217. The third-order valence-electron chi connectivity index (χ3n) is 5.73. The number of aromatic nitrogens is 6. The minimum atomic E-state index is -0.294. The number of nitrogens with one attached hydrogen (secondary N) is 1. The summed E-state index contributed by atoms with van der Waals surface area (Å²) in [5.74, 6) is 0.921. The van der Waals surface area contributed by atoms with Gasteiger partial charge in [-0.15, -0.1) is 0 Å². The molecule has 11 heteroatoms. The van der Waals surface area contributed by atoms with Crippen molar-refractivity contribution in [1.82, 2.24) is 29.4 Å². The zero-order valence-corrected chi connectivity index (χ0v) is 18.6. The predicted molar refractivity (Wildman–Crippen MR) is 127 cm³/mol. The molecule has 1 N–H and O–H groups in total. The maximum atomic E-state index is 11.5. The fourth-order valence-corrected chi connectivity index (χ4v) is 3.99. The Morgan fingerprint density at radius 2 is 1.91 bits per heavy atom. The molecule has 0 aromatic carbocycles. The summed E-state index contributed by atoms with van der Waals surface area (Å²) in [7, 11) is 1.86. The highest BCUT2D eigenvalue weighted by Gasteiger charge is 2.24. The van der Waals surface area contributed by atoms with E-state index in [4.69, 9.17) is 4.98 Å². The van der Waals surface area contributed by atoms with Crippen LogP contribution in [0.1, 0.15) is 5.56 Å². The largest absolute Gasteiger partial charge is 0.367 e. The fourth-order valence-electron chi connectivity index (χ4n) is 3.99. The van der Waals surface area contributed by atoms with E-state index in [-0.39, 0.29) is 5.91 Å². The smallest absolute Gasteiger partial charge is 0.248 e. The van der Waals surface area contributed by atoms with Crippen LogP contribution in [-0.4, -0.2) is 61.4 Å². The van der Waals surface area contributed by atoms with E-state index >= 15 is 0 Å². The second-order valence-electron chi connectivity index (χ2n) is 7.88. The van der Waals surface area contributed by atoms with Crippen molar-refractivity contribution in [3.63, 3.8) is 0 Å². The van der Waals surface area contributed by atoms with Crippen LogP contribution in [0.4, 0.5) is 17.3 Å². The highest BCUT2D eigenvalue weighted by Crippen LogP contribution is 2.28. The molecule has 0 aliphatic carbocycles. The molecule has 0 spiro atoms. The van der Waals surface area contributed by atoms with Gasteiger partial charge in [0.1, 0.15) is 23.0 Å². The van der Waals surface area contributed by atoms with Crippen LogP contribution in [0, 0.1) is 11.3 Å². The van der Waals surface area contributed by atoms with E-state index in [1.807, 2.05) is 25.5 Å². The second kappa shape index (κ2) is 8.67. The first-order valence-corrected chi connectivity index (χ1v) is 10.7. The average molecular weight is 454 g/mol. The number of hydrogen-bond acceptors (Lipinski definition) is 8. The SMILES string of the molecule is C=CC(=O)Nc1ccc(N2CCN(c3nc(-c4cnn(C)c4)cn4ncc(C#N)c34)CC2)cn1. The second-order valence-corrected chi connectivity index (χ2v) is 7.88. The Bertz CT molecular complexity index is 1400. The number of amides is 1. The molecule has 1 aliphatic heterocycles. The van der Waals surface area contributed by atoms with Crippen molar-refractivity contribution in [2.24, 2.45) is 7.05 Å². The maximum absolute atomic E-state index is 11.5. The first-order chi connectivity index (χ1) is 16.6. The molecule has 0 saturated carbocycles. The van der Waals surface area contributed by atoms with Gasteiger partial charge in [-0.2, -0.15) is 15.5 Å². The average Bonchev–Trinajstić information content (AvgIpc) is 3.50. The summed E-state index contributed by atoms with van der Waals surface area (Å²) in [6.45, 7) is 6.37. The number of hydrogen-bond donors (Lipinski definition) is 1. The van der Waals surface area contributed by atoms with Crippen LogP contribution in [0.15, 0.2) is 55.8 Å². The van der Waals surface area contributed by atoms with Crippen molar-refractivity contribution in [2.45, 2.75) is 0 Å². The van der Waals surface area contributed by atoms with Gasteiger partial charge in [-0.25, -0.2) is 14.5 Å². The summed E-state index contributed by atoms with van der Waals surface area (Å²) in [6.07, 6.45) is 10.0. The summed E-state index contributed by atoms with van der Waals surface area (Å²) >= 11 is 0. The summed E-state index contributed by atoms with van der Waals surface area (Å²) in [5, 5.41) is 20.9. The van der Waals surface area contributed by atoms with Gasteiger partial charge in [0.05, 0.1) is 36.2 Å². The van der Waals surface area contributed by atoms with Crippen molar-refractivity contribution in [1.29, 1.82) is 5.26 Å². The van der Waals surface area contributed by atoms with E-state index in [9.17, 15) is 10.1 Å². The molecule has 1 fully saturated rings. The van der Waals surface area contributed by atoms with Crippen molar-refractivity contribution in [2.75, 3.05) is 41.3 Å². The third kappa shape index (κ3) is 3.93. The number of rotatable bonds is 5. The van der Waals surface area contributed by atoms with Gasteiger partial charge in [-0.1, -0.05) is 6.58 Å². The van der Waals surface area contributed by atoms with Crippen LogP contribution in [0.3, 0.4) is 0 Å². The molecule has 1 aliphatic rings. The molecule has 170 valence electrons. The van der Waals surface area contributed by atoms with Crippen LogP contribution in [0.2, 0.25) is 0 Å². The highest BCUT2D eigenvalue weighted by molar-refractivity contribution is 5.98. The zero-order chi connectivity index (χ0) is 23.7. The monoisotopic (exact) mass is 454 g/mol. The summed E-state index contributed by atoms with van der Waals surface area (Å²) < 4.78 is 3.45. The van der Waals surface area contributed by atoms with Gasteiger partial charge in [-0.05, 0) is 18.2 Å². The number of nitriles is 1. The summed E-state index contributed by atoms with van der Waals surface area (Å²) in [5.41, 5.74) is 3.79. The summed E-state index contributed by atoms with van der Waals surface area (Å²) in [6, 6.07) is 5.94. The number of carbonyl (C=O) groups excluding carboxylic acids is 1. The van der Waals surface area contributed by atoms with Crippen molar-refractivity contribution in [3.05, 3.63) is 61.3 Å². The molecule has 34 heavy (non-hydrogen) atoms. The van der Waals surface area contributed by atoms with Crippen molar-refractivity contribution < 1.29 is 4.79 Å². The molecule has 1 amide bonds. The van der Waals surface area contributed by atoms with Crippen LogP contribution in [-0.2, 0) is 11.8 Å². The number of aryl methyl sites for hydroxylation is 1. The van der Waals surface area contributed by atoms with E-state index in [1.54, 1.807) is 33.9 Å². The number of anilines is 3. The van der Waals surface area contributed by atoms with E-state index in [2.05, 4.69) is 42.9 Å². The lowest BCUT2D eigenvalue weighted by atomic mass is 10.2. The molecule has 11 nitrogen and oxygen atoms in total. The van der Waals surface area contributed by atoms with Gasteiger partial charge in [-0.3, -0.25) is 9.48 Å². The first kappa shape index (κ1) is 21.1. The van der Waals surface area contributed by atoms with Gasteiger partial charge in [0.15, 0.2) is 5.82 Å². The highest BCUT2D eigenvalue weighted by atomic mass is 16.1. The minimum absolute atomic E-state index is 0.294. The zero-order valence-electron chi connectivity index (χ0n) is 18.6. The van der Waals surface area contributed by atoms with Crippen LogP contribution in [0.5, 0.6) is 0 Å². The Hall–Kier alpha value is -4.72. The predicted octanol–water partition coefficient (Wildman–Crippen LogP) is 1.85. The molecule has 0 radical (unpaired) electrons. The Balaban J connectivity index is 1.39. The normalized spacial score (nSPS) is 13.6. The lowest BCUT2D eigenvalue weighted by Crippen LogP contribution is -2.47. The Morgan fingerprint density at radius 3 is 2.56 bits per heavy atom. The van der Waals surface area contributed by atoms with E-state index in [0.717, 1.165) is 35.9 Å². The summed E-state index contributed by atoms with van der Waals surface area (Å²) in [4.78, 5) is 25.1. The van der Waals surface area contributed by atoms with E-state index in [1.165, 1.54) is 6.08 Å². The molecule has 0 atom stereocenters. The molecule has 1 saturated heterocycles. The Morgan fingerprint density at radius 1 is 1.12 bits per heavy atom. The van der Waals surface area contributed by atoms with Gasteiger partial charge in [0.25, 0.3) is 0 Å². The molecule has 0 unspecified atom stereocenters. The number of nitrogens with zero attached hydrogens (tertiary/aromatic N) is 9. The van der Waals surface area contributed by atoms with E-state index in [0.29, 0.717) is 30.0 Å². The van der Waals surface area contributed by atoms with Crippen LogP contribution >= 0.6 is 0 Å². The third-order valence-corrected chi connectivity index (χ3v) is 5.73. The quantitative estimate of drug-likeness (QED) is 0.454. The molecule has 4 aromatic heterocycles. The number of piperazine rings is 1. The van der Waals surface area contributed by atoms with Gasteiger partial charge in [0.2, 0.25) is 5.91 Å². The molecule has 5 rings (SSSR count). The lowest BCUT2D eigenvalue weighted by molar-refractivity contribution is -0.111. The Labute approximate surface area is 195 Å². The van der Waals surface area contributed by atoms with Crippen LogP contribution < -0.4 is 15.1 Å². The molecule has 4 aromatic rings. The minimum Gasteiger partial charge on any atom is -0.367 e. The maximum Gasteiger partial charge on any atom is 0.248 e. The molecule has 0 bridgehead atoms. The van der Waals surface area contributed by atoms with E-state index < -0.39 is 0 Å². The lowest BCUT2D eigenvalue weighted by Gasteiger charge is -2.36.